The lowest BCUT2D eigenvalue weighted by Gasteiger charge is -2.07. The highest BCUT2D eigenvalue weighted by molar-refractivity contribution is 6.16. The van der Waals surface area contributed by atoms with Gasteiger partial charge in [-0.3, -0.25) is 0 Å². The van der Waals surface area contributed by atoms with E-state index in [-0.39, 0.29) is 6.03 Å². The first-order valence-corrected chi connectivity index (χ1v) is 7.15. The first kappa shape index (κ1) is 15.5. The van der Waals surface area contributed by atoms with E-state index < -0.39 is 0 Å². The average molecular weight is 291 g/mol. The summed E-state index contributed by atoms with van der Waals surface area (Å²) in [5.74, 6) is 0. The molecule has 0 radical (unpaired) electrons. The number of aliphatic imine (C=N–C) groups is 1. The maximum absolute atomic E-state index is 12.0. The highest BCUT2D eigenvalue weighted by atomic mass is 16.2. The fourth-order valence-corrected chi connectivity index (χ4v) is 1.99. The molecule has 0 atom stereocenters. The molecular formula is C18H17N3O. The van der Waals surface area contributed by atoms with E-state index in [0.29, 0.717) is 25.1 Å². The molecule has 2 aromatic rings. The van der Waals surface area contributed by atoms with E-state index in [1.54, 1.807) is 0 Å². The highest BCUT2D eigenvalue weighted by Crippen LogP contribution is 2.11. The molecular weight excluding hydrogens is 274 g/mol. The molecule has 0 aliphatic heterocycles. The molecule has 4 nitrogen and oxygen atoms in total. The molecule has 0 saturated heterocycles. The Labute approximate surface area is 130 Å². The van der Waals surface area contributed by atoms with Crippen LogP contribution in [0.2, 0.25) is 0 Å². The zero-order valence-electron chi connectivity index (χ0n) is 12.2. The number of nitrogens with one attached hydrogen (secondary N) is 1. The van der Waals surface area contributed by atoms with E-state index in [1.165, 1.54) is 0 Å². The molecule has 110 valence electrons. The third kappa shape index (κ3) is 4.57. The van der Waals surface area contributed by atoms with Gasteiger partial charge in [0.2, 0.25) is 0 Å². The fourth-order valence-electron chi connectivity index (χ4n) is 1.99. The number of nitrogens with zero attached hydrogens (tertiary/aromatic N) is 2. The van der Waals surface area contributed by atoms with E-state index in [2.05, 4.69) is 10.3 Å². The summed E-state index contributed by atoms with van der Waals surface area (Å²) < 4.78 is 0. The second kappa shape index (κ2) is 8.38. The Morgan fingerprint density at radius 3 is 2.05 bits per heavy atom. The van der Waals surface area contributed by atoms with Crippen LogP contribution in [0.25, 0.3) is 0 Å². The van der Waals surface area contributed by atoms with Crippen LogP contribution in [0, 0.1) is 11.3 Å². The van der Waals surface area contributed by atoms with Crippen molar-refractivity contribution in [3.05, 3.63) is 71.8 Å². The van der Waals surface area contributed by atoms with Gasteiger partial charge in [0, 0.05) is 24.1 Å². The van der Waals surface area contributed by atoms with Gasteiger partial charge in [-0.2, -0.15) is 10.3 Å². The summed E-state index contributed by atoms with van der Waals surface area (Å²) in [4.78, 5) is 16.2. The third-order valence-corrected chi connectivity index (χ3v) is 3.05. The molecule has 0 saturated carbocycles. The molecule has 0 bridgehead atoms. The number of unbranched alkanes of at least 4 members (excludes halogenated alkanes) is 1. The van der Waals surface area contributed by atoms with E-state index in [9.17, 15) is 4.79 Å². The molecule has 2 amide bonds. The van der Waals surface area contributed by atoms with E-state index in [0.717, 1.165) is 11.1 Å². The van der Waals surface area contributed by atoms with Crippen molar-refractivity contribution in [1.29, 1.82) is 5.26 Å². The maximum Gasteiger partial charge on any atom is 0.341 e. The zero-order valence-corrected chi connectivity index (χ0v) is 12.2. The predicted molar refractivity (Wildman–Crippen MR) is 86.8 cm³/mol. The third-order valence-electron chi connectivity index (χ3n) is 3.05. The lowest BCUT2D eigenvalue weighted by atomic mass is 10.0. The second-order valence-corrected chi connectivity index (χ2v) is 4.69. The quantitative estimate of drug-likeness (QED) is 0.676. The van der Waals surface area contributed by atoms with Gasteiger partial charge < -0.3 is 5.32 Å². The number of benzene rings is 2. The Morgan fingerprint density at radius 2 is 1.55 bits per heavy atom. The molecule has 0 aromatic heterocycles. The number of carbonyl (C=O) groups excluding carboxylic acids is 1. The minimum absolute atomic E-state index is 0.388. The van der Waals surface area contributed by atoms with Gasteiger partial charge in [-0.15, -0.1) is 0 Å². The van der Waals surface area contributed by atoms with Crippen molar-refractivity contribution in [2.45, 2.75) is 12.8 Å². The van der Waals surface area contributed by atoms with Crippen LogP contribution in [-0.2, 0) is 0 Å². The summed E-state index contributed by atoms with van der Waals surface area (Å²) >= 11 is 0. The summed E-state index contributed by atoms with van der Waals surface area (Å²) in [6.07, 6.45) is 1.05. The van der Waals surface area contributed by atoms with Crippen LogP contribution >= 0.6 is 0 Å². The Bertz CT molecular complexity index is 631. The highest BCUT2D eigenvalue weighted by Gasteiger charge is 2.08. The predicted octanol–water partition coefficient (Wildman–Crippen LogP) is 3.54. The second-order valence-electron chi connectivity index (χ2n) is 4.69. The Balaban J connectivity index is 2.20. The summed E-state index contributed by atoms with van der Waals surface area (Å²) in [6.45, 7) is 0.451. The first-order chi connectivity index (χ1) is 10.8. The summed E-state index contributed by atoms with van der Waals surface area (Å²) in [6, 6.07) is 20.9. The van der Waals surface area contributed by atoms with Crippen LogP contribution in [0.4, 0.5) is 4.79 Å². The normalized spacial score (nSPS) is 9.59. The molecule has 2 aromatic carbocycles. The van der Waals surface area contributed by atoms with Gasteiger partial charge in [0.15, 0.2) is 0 Å². The van der Waals surface area contributed by atoms with E-state index in [4.69, 9.17) is 5.26 Å². The largest absolute Gasteiger partial charge is 0.341 e. The standard InChI is InChI=1S/C18H17N3O/c19-13-7-8-14-20-18(22)21-17(15-9-3-1-4-10-15)16-11-5-2-6-12-16/h1-6,9-12H,7-8,14H2,(H,20,22). The number of carbonyl (C=O) groups is 1. The molecule has 0 unspecified atom stereocenters. The minimum atomic E-state index is -0.388. The van der Waals surface area contributed by atoms with Gasteiger partial charge in [0.05, 0.1) is 11.8 Å². The van der Waals surface area contributed by atoms with Crippen molar-refractivity contribution < 1.29 is 4.79 Å². The van der Waals surface area contributed by atoms with Gasteiger partial charge in [-0.05, 0) is 6.42 Å². The molecule has 0 aliphatic carbocycles. The summed E-state index contributed by atoms with van der Waals surface area (Å²) in [7, 11) is 0. The SMILES string of the molecule is N#CCCCNC(=O)N=C(c1ccccc1)c1ccccc1. The number of urea groups is 1. The Hall–Kier alpha value is -2.93. The van der Waals surface area contributed by atoms with E-state index >= 15 is 0 Å². The number of hydrogen-bond acceptors (Lipinski definition) is 2. The Morgan fingerprint density at radius 1 is 1.00 bits per heavy atom. The van der Waals surface area contributed by atoms with Crippen molar-refractivity contribution in [3.8, 4) is 6.07 Å². The van der Waals surface area contributed by atoms with Crippen LogP contribution < -0.4 is 5.32 Å². The molecule has 2 rings (SSSR count). The Kier molecular flexibility index (Phi) is 5.89. The van der Waals surface area contributed by atoms with E-state index in [1.807, 2.05) is 66.7 Å². The molecule has 0 spiro atoms. The number of rotatable bonds is 5. The number of nitriles is 1. The lowest BCUT2D eigenvalue weighted by molar-refractivity contribution is 0.249. The van der Waals surface area contributed by atoms with Crippen molar-refractivity contribution in [3.63, 3.8) is 0 Å². The first-order valence-electron chi connectivity index (χ1n) is 7.15. The monoisotopic (exact) mass is 291 g/mol. The van der Waals surface area contributed by atoms with Gasteiger partial charge >= 0.3 is 6.03 Å². The van der Waals surface area contributed by atoms with Gasteiger partial charge in [0.25, 0.3) is 0 Å². The van der Waals surface area contributed by atoms with Crippen LogP contribution in [0.15, 0.2) is 65.7 Å². The molecule has 0 fully saturated rings. The van der Waals surface area contributed by atoms with Crippen molar-refractivity contribution in [2.75, 3.05) is 6.54 Å². The summed E-state index contributed by atoms with van der Waals surface area (Å²) in [5, 5.41) is 11.2. The zero-order chi connectivity index (χ0) is 15.6. The van der Waals surface area contributed by atoms with Gasteiger partial charge in [-0.25, -0.2) is 4.79 Å². The number of hydrogen-bond donors (Lipinski definition) is 1. The molecule has 22 heavy (non-hydrogen) atoms. The average Bonchev–Trinajstić information content (AvgIpc) is 2.58. The van der Waals surface area contributed by atoms with Crippen LogP contribution in [0.5, 0.6) is 0 Å². The minimum Gasteiger partial charge on any atom is -0.336 e. The summed E-state index contributed by atoms with van der Waals surface area (Å²) in [5.41, 5.74) is 2.42. The molecule has 0 aliphatic rings. The smallest absolute Gasteiger partial charge is 0.336 e. The van der Waals surface area contributed by atoms with Gasteiger partial charge in [-0.1, -0.05) is 60.7 Å². The molecule has 1 N–H and O–H groups in total. The van der Waals surface area contributed by atoms with Crippen LogP contribution in [0.1, 0.15) is 24.0 Å². The molecule has 0 heterocycles. The lowest BCUT2D eigenvalue weighted by Crippen LogP contribution is -2.22. The van der Waals surface area contributed by atoms with Crippen molar-refractivity contribution >= 4 is 11.7 Å². The topological polar surface area (TPSA) is 65.2 Å². The van der Waals surface area contributed by atoms with Crippen LogP contribution in [0.3, 0.4) is 0 Å². The van der Waals surface area contributed by atoms with Crippen molar-refractivity contribution in [2.24, 2.45) is 4.99 Å². The van der Waals surface area contributed by atoms with Gasteiger partial charge in [0.1, 0.15) is 0 Å². The number of amides is 2. The fraction of sp³-hybridized carbons (Fsp3) is 0.167. The molecule has 4 heteroatoms. The van der Waals surface area contributed by atoms with Crippen LogP contribution in [-0.4, -0.2) is 18.3 Å². The maximum atomic E-state index is 12.0. The van der Waals surface area contributed by atoms with Crippen molar-refractivity contribution in [1.82, 2.24) is 5.32 Å².